The summed E-state index contributed by atoms with van der Waals surface area (Å²) in [7, 11) is 0. The van der Waals surface area contributed by atoms with Crippen LogP contribution in [-0.4, -0.2) is 6.61 Å². The first-order chi connectivity index (χ1) is 5.40. The molecule has 0 aliphatic carbocycles. The zero-order chi connectivity index (χ0) is 7.68. The molecule has 2 rings (SSSR count). The Labute approximate surface area is 66.0 Å². The van der Waals surface area contributed by atoms with Crippen LogP contribution in [0.2, 0.25) is 0 Å². The van der Waals surface area contributed by atoms with E-state index < -0.39 is 0 Å². The molecule has 1 aromatic carbocycles. The molecule has 54 valence electrons. The molecule has 1 nitrogen and oxygen atoms in total. The van der Waals surface area contributed by atoms with Crippen molar-refractivity contribution in [1.82, 2.24) is 0 Å². The van der Waals surface area contributed by atoms with Gasteiger partial charge in [0.2, 0.25) is 0 Å². The number of rotatable bonds is 1. The van der Waals surface area contributed by atoms with Gasteiger partial charge >= 0.3 is 0 Å². The van der Waals surface area contributed by atoms with Crippen LogP contribution in [0.25, 0.3) is 0 Å². The molecule has 0 saturated carbocycles. The summed E-state index contributed by atoms with van der Waals surface area (Å²) < 4.78 is 5.12. The minimum Gasteiger partial charge on any atom is -0.368 e. The molecule has 0 N–H and O–H groups in total. The van der Waals surface area contributed by atoms with Crippen LogP contribution >= 0.6 is 0 Å². The first kappa shape index (κ1) is 6.45. The smallest absolute Gasteiger partial charge is 0.106 e. The number of epoxide rings is 1. The fourth-order valence-electron chi connectivity index (χ4n) is 1.03. The second-order valence-electron chi connectivity index (χ2n) is 2.59. The Morgan fingerprint density at radius 2 is 2.00 bits per heavy atom. The molecule has 1 heterocycles. The second-order valence-corrected chi connectivity index (χ2v) is 2.59. The summed E-state index contributed by atoms with van der Waals surface area (Å²) in [4.78, 5) is 0. The normalized spacial score (nSPS) is 20.8. The van der Waals surface area contributed by atoms with Gasteiger partial charge in [0.15, 0.2) is 0 Å². The molecule has 0 amide bonds. The zero-order valence-electron chi connectivity index (χ0n) is 6.08. The van der Waals surface area contributed by atoms with E-state index in [1.54, 1.807) is 0 Å². The summed E-state index contributed by atoms with van der Waals surface area (Å²) in [5.41, 5.74) is 2.15. The predicted molar refractivity (Wildman–Crippen MR) is 43.1 cm³/mol. The van der Waals surface area contributed by atoms with Crippen molar-refractivity contribution in [2.75, 3.05) is 6.61 Å². The van der Waals surface area contributed by atoms with Gasteiger partial charge in [-0.15, -0.1) is 6.42 Å². The van der Waals surface area contributed by atoms with Gasteiger partial charge in [-0.3, -0.25) is 0 Å². The lowest BCUT2D eigenvalue weighted by atomic mass is 10.1. The van der Waals surface area contributed by atoms with Crippen molar-refractivity contribution in [3.05, 3.63) is 35.4 Å². The van der Waals surface area contributed by atoms with Crippen LogP contribution in [0.15, 0.2) is 24.3 Å². The van der Waals surface area contributed by atoms with Crippen LogP contribution in [-0.2, 0) is 4.74 Å². The van der Waals surface area contributed by atoms with Gasteiger partial charge in [-0.1, -0.05) is 18.1 Å². The molecule has 0 radical (unpaired) electrons. The fraction of sp³-hybridized carbons (Fsp3) is 0.200. The van der Waals surface area contributed by atoms with E-state index in [4.69, 9.17) is 11.2 Å². The highest BCUT2D eigenvalue weighted by Gasteiger charge is 2.23. The molecular weight excluding hydrogens is 136 g/mol. The summed E-state index contributed by atoms with van der Waals surface area (Å²) >= 11 is 0. The van der Waals surface area contributed by atoms with Crippen molar-refractivity contribution >= 4 is 0 Å². The number of hydrogen-bond donors (Lipinski definition) is 0. The van der Waals surface area contributed by atoms with Gasteiger partial charge in [-0.25, -0.2) is 0 Å². The summed E-state index contributed by atoms with van der Waals surface area (Å²) in [6.07, 6.45) is 5.55. The van der Waals surface area contributed by atoms with E-state index in [9.17, 15) is 0 Å². The number of benzene rings is 1. The highest BCUT2D eigenvalue weighted by atomic mass is 16.6. The Kier molecular flexibility index (Phi) is 1.41. The van der Waals surface area contributed by atoms with Crippen molar-refractivity contribution < 1.29 is 4.74 Å². The van der Waals surface area contributed by atoms with E-state index >= 15 is 0 Å². The Balaban J connectivity index is 2.27. The first-order valence-electron chi connectivity index (χ1n) is 3.58. The zero-order valence-corrected chi connectivity index (χ0v) is 6.08. The Hall–Kier alpha value is -1.26. The maximum absolute atomic E-state index is 5.21. The third kappa shape index (κ3) is 1.26. The molecule has 1 saturated heterocycles. The van der Waals surface area contributed by atoms with Gasteiger partial charge in [0.05, 0.1) is 6.61 Å². The van der Waals surface area contributed by atoms with E-state index in [0.717, 1.165) is 12.2 Å². The molecule has 0 spiro atoms. The molecular formula is C10H8O. The molecule has 1 fully saturated rings. The lowest BCUT2D eigenvalue weighted by molar-refractivity contribution is 0.415. The van der Waals surface area contributed by atoms with Gasteiger partial charge in [0, 0.05) is 5.56 Å². The molecule has 0 bridgehead atoms. The minimum absolute atomic E-state index is 0.335. The Morgan fingerprint density at radius 1 is 1.36 bits per heavy atom. The number of hydrogen-bond acceptors (Lipinski definition) is 1. The van der Waals surface area contributed by atoms with Crippen molar-refractivity contribution in [3.8, 4) is 12.3 Å². The van der Waals surface area contributed by atoms with Gasteiger partial charge in [-0.2, -0.15) is 0 Å². The molecule has 1 atom stereocenters. The third-order valence-corrected chi connectivity index (χ3v) is 1.78. The second kappa shape index (κ2) is 2.41. The van der Waals surface area contributed by atoms with Crippen molar-refractivity contribution in [3.63, 3.8) is 0 Å². The standard InChI is InChI=1S/C10H8O/c1-2-8-3-5-9(6-4-8)10-7-11-10/h1,3-6,10H,7H2. The van der Waals surface area contributed by atoms with Crippen LogP contribution in [0.5, 0.6) is 0 Å². The maximum Gasteiger partial charge on any atom is 0.106 e. The molecule has 0 aromatic heterocycles. The molecule has 1 aromatic rings. The van der Waals surface area contributed by atoms with Gasteiger partial charge < -0.3 is 4.74 Å². The molecule has 1 aliphatic heterocycles. The summed E-state index contributed by atoms with van der Waals surface area (Å²) in [5.74, 6) is 2.57. The van der Waals surface area contributed by atoms with E-state index in [0.29, 0.717) is 6.10 Å². The van der Waals surface area contributed by atoms with Crippen molar-refractivity contribution in [2.24, 2.45) is 0 Å². The quantitative estimate of drug-likeness (QED) is 0.432. The number of terminal acetylenes is 1. The van der Waals surface area contributed by atoms with Gasteiger partial charge in [0.25, 0.3) is 0 Å². The van der Waals surface area contributed by atoms with E-state index in [1.165, 1.54) is 5.56 Å². The summed E-state index contributed by atoms with van der Waals surface area (Å²) in [5, 5.41) is 0. The largest absolute Gasteiger partial charge is 0.368 e. The average Bonchev–Trinajstić information content (AvgIpc) is 2.87. The SMILES string of the molecule is C#Cc1ccc(C2CO2)cc1. The van der Waals surface area contributed by atoms with Gasteiger partial charge in [0.1, 0.15) is 6.10 Å². The number of ether oxygens (including phenoxy) is 1. The Bertz CT molecular complexity index is 288. The minimum atomic E-state index is 0.335. The van der Waals surface area contributed by atoms with Gasteiger partial charge in [-0.05, 0) is 17.7 Å². The van der Waals surface area contributed by atoms with E-state index in [1.807, 2.05) is 24.3 Å². The van der Waals surface area contributed by atoms with Crippen LogP contribution in [0.4, 0.5) is 0 Å². The third-order valence-electron chi connectivity index (χ3n) is 1.78. The molecule has 1 heteroatoms. The van der Waals surface area contributed by atoms with Crippen LogP contribution in [0.3, 0.4) is 0 Å². The average molecular weight is 144 g/mol. The highest BCUT2D eigenvalue weighted by molar-refractivity contribution is 5.35. The monoisotopic (exact) mass is 144 g/mol. The van der Waals surface area contributed by atoms with Crippen molar-refractivity contribution in [1.29, 1.82) is 0 Å². The first-order valence-corrected chi connectivity index (χ1v) is 3.58. The molecule has 11 heavy (non-hydrogen) atoms. The van der Waals surface area contributed by atoms with Crippen LogP contribution < -0.4 is 0 Å². The lowest BCUT2D eigenvalue weighted by Gasteiger charge is -1.94. The summed E-state index contributed by atoms with van der Waals surface area (Å²) in [6.45, 7) is 0.857. The molecule has 1 aliphatic rings. The summed E-state index contributed by atoms with van der Waals surface area (Å²) in [6, 6.07) is 7.92. The van der Waals surface area contributed by atoms with E-state index in [-0.39, 0.29) is 0 Å². The van der Waals surface area contributed by atoms with Crippen LogP contribution in [0.1, 0.15) is 17.2 Å². The fourth-order valence-corrected chi connectivity index (χ4v) is 1.03. The molecule has 1 unspecified atom stereocenters. The topological polar surface area (TPSA) is 12.5 Å². The predicted octanol–water partition coefficient (Wildman–Crippen LogP) is 1.74. The lowest BCUT2D eigenvalue weighted by Crippen LogP contribution is -1.80. The van der Waals surface area contributed by atoms with E-state index in [2.05, 4.69) is 5.92 Å². The highest BCUT2D eigenvalue weighted by Crippen LogP contribution is 2.29. The van der Waals surface area contributed by atoms with Crippen LogP contribution in [0, 0.1) is 12.3 Å². The van der Waals surface area contributed by atoms with Crippen molar-refractivity contribution in [2.45, 2.75) is 6.10 Å². The maximum atomic E-state index is 5.21. The Morgan fingerprint density at radius 3 is 2.45 bits per heavy atom.